The lowest BCUT2D eigenvalue weighted by Gasteiger charge is -2.28. The van der Waals surface area contributed by atoms with Crippen molar-refractivity contribution in [2.24, 2.45) is 0 Å². The number of anilines is 2. The Labute approximate surface area is 176 Å². The van der Waals surface area contributed by atoms with E-state index in [0.29, 0.717) is 5.75 Å². The zero-order valence-corrected chi connectivity index (χ0v) is 17.7. The number of thioether (sulfide) groups is 1. The number of benzene rings is 2. The van der Waals surface area contributed by atoms with E-state index in [4.69, 9.17) is 4.74 Å². The molecule has 1 aliphatic rings. The fourth-order valence-electron chi connectivity index (χ4n) is 3.05. The molecule has 0 unspecified atom stereocenters. The molecule has 154 valence electrons. The largest absolute Gasteiger partial charge is 0.378 e. The maximum atomic E-state index is 12.3. The predicted octanol–water partition coefficient (Wildman–Crippen LogP) is 3.02. The first-order valence-electron chi connectivity index (χ1n) is 9.68. The smallest absolute Gasteiger partial charge is 0.243 e. The summed E-state index contributed by atoms with van der Waals surface area (Å²) in [5.74, 6) is 0.0278. The van der Waals surface area contributed by atoms with Gasteiger partial charge in [0.25, 0.3) is 0 Å². The molecule has 29 heavy (non-hydrogen) atoms. The van der Waals surface area contributed by atoms with Crippen LogP contribution in [0.3, 0.4) is 0 Å². The second-order valence-electron chi connectivity index (χ2n) is 7.00. The van der Waals surface area contributed by atoms with E-state index in [1.807, 2.05) is 55.5 Å². The van der Waals surface area contributed by atoms with Crippen LogP contribution in [-0.2, 0) is 14.3 Å². The van der Waals surface area contributed by atoms with Gasteiger partial charge in [0, 0.05) is 36.4 Å². The molecule has 0 atom stereocenters. The molecule has 1 N–H and O–H groups in total. The Balaban J connectivity index is 1.45. The van der Waals surface area contributed by atoms with E-state index in [0.717, 1.165) is 48.1 Å². The fraction of sp³-hybridized carbons (Fsp3) is 0.364. The molecule has 7 heteroatoms. The lowest BCUT2D eigenvalue weighted by Crippen LogP contribution is -2.36. The number of carbonyl (C=O) groups is 2. The Morgan fingerprint density at radius 1 is 1.10 bits per heavy atom. The number of rotatable bonds is 7. The van der Waals surface area contributed by atoms with Crippen LogP contribution in [0.4, 0.5) is 11.4 Å². The number of morpholine rings is 1. The lowest BCUT2D eigenvalue weighted by molar-refractivity contribution is -0.131. The van der Waals surface area contributed by atoms with Gasteiger partial charge in [-0.25, -0.2) is 0 Å². The van der Waals surface area contributed by atoms with Crippen molar-refractivity contribution in [2.45, 2.75) is 11.8 Å². The predicted molar refractivity (Wildman–Crippen MR) is 118 cm³/mol. The number of carbonyl (C=O) groups excluding carboxylic acids is 2. The summed E-state index contributed by atoms with van der Waals surface area (Å²) in [6, 6.07) is 15.7. The zero-order valence-electron chi connectivity index (χ0n) is 16.9. The highest BCUT2D eigenvalue weighted by atomic mass is 32.2. The third kappa shape index (κ3) is 6.24. The number of nitrogens with one attached hydrogen (secondary N) is 1. The Hall–Kier alpha value is -2.51. The summed E-state index contributed by atoms with van der Waals surface area (Å²) in [6.07, 6.45) is 0. The first kappa shape index (κ1) is 21.2. The van der Waals surface area contributed by atoms with Gasteiger partial charge in [0.05, 0.1) is 25.5 Å². The van der Waals surface area contributed by atoms with Crippen LogP contribution in [0.25, 0.3) is 0 Å². The molecular formula is C22H27N3O3S. The molecule has 1 heterocycles. The Bertz CT molecular complexity index is 835. The SMILES string of the molecule is Cc1ccccc1SCC(=O)N(C)CC(=O)Nc1ccc(N2CCOCC2)cc1. The van der Waals surface area contributed by atoms with Crippen LogP contribution in [0.2, 0.25) is 0 Å². The third-order valence-electron chi connectivity index (χ3n) is 4.78. The van der Waals surface area contributed by atoms with Crippen molar-refractivity contribution < 1.29 is 14.3 Å². The number of hydrogen-bond acceptors (Lipinski definition) is 5. The minimum Gasteiger partial charge on any atom is -0.378 e. The molecule has 1 fully saturated rings. The fourth-order valence-corrected chi connectivity index (χ4v) is 4.02. The van der Waals surface area contributed by atoms with Crippen LogP contribution in [0.1, 0.15) is 5.56 Å². The van der Waals surface area contributed by atoms with Crippen LogP contribution < -0.4 is 10.2 Å². The standard InChI is InChI=1S/C22H27N3O3S/c1-17-5-3-4-6-20(17)29-16-22(27)24(2)15-21(26)23-18-7-9-19(10-8-18)25-11-13-28-14-12-25/h3-10H,11-16H2,1-2H3,(H,23,26). The Morgan fingerprint density at radius 3 is 2.48 bits per heavy atom. The normalized spacial score (nSPS) is 13.8. The minimum atomic E-state index is -0.208. The molecule has 0 aromatic heterocycles. The highest BCUT2D eigenvalue weighted by Crippen LogP contribution is 2.22. The first-order chi connectivity index (χ1) is 14.0. The van der Waals surface area contributed by atoms with E-state index < -0.39 is 0 Å². The van der Waals surface area contributed by atoms with Gasteiger partial charge < -0.3 is 19.9 Å². The average molecular weight is 414 g/mol. The highest BCUT2D eigenvalue weighted by molar-refractivity contribution is 8.00. The van der Waals surface area contributed by atoms with Crippen LogP contribution >= 0.6 is 11.8 Å². The van der Waals surface area contributed by atoms with Crippen molar-refractivity contribution in [1.82, 2.24) is 4.90 Å². The molecular weight excluding hydrogens is 386 g/mol. The van der Waals surface area contributed by atoms with Gasteiger partial charge in [-0.3, -0.25) is 9.59 Å². The highest BCUT2D eigenvalue weighted by Gasteiger charge is 2.15. The molecule has 2 aromatic carbocycles. The first-order valence-corrected chi connectivity index (χ1v) is 10.7. The van der Waals surface area contributed by atoms with Gasteiger partial charge in [-0.15, -0.1) is 11.8 Å². The summed E-state index contributed by atoms with van der Waals surface area (Å²) in [4.78, 5) is 29.4. The van der Waals surface area contributed by atoms with Crippen LogP contribution in [0.5, 0.6) is 0 Å². The second kappa shape index (κ2) is 10.3. The van der Waals surface area contributed by atoms with E-state index in [1.54, 1.807) is 7.05 Å². The maximum Gasteiger partial charge on any atom is 0.243 e. The number of amides is 2. The number of aryl methyl sites for hydroxylation is 1. The van der Waals surface area contributed by atoms with Crippen molar-refractivity contribution in [1.29, 1.82) is 0 Å². The molecule has 1 aliphatic heterocycles. The number of hydrogen-bond donors (Lipinski definition) is 1. The number of ether oxygens (including phenoxy) is 1. The molecule has 0 bridgehead atoms. The molecule has 0 radical (unpaired) electrons. The molecule has 2 aromatic rings. The van der Waals surface area contributed by atoms with E-state index in [2.05, 4.69) is 10.2 Å². The number of likely N-dealkylation sites (N-methyl/N-ethyl adjacent to an activating group) is 1. The second-order valence-corrected chi connectivity index (χ2v) is 8.02. The van der Waals surface area contributed by atoms with Gasteiger partial charge in [0.2, 0.25) is 11.8 Å². The van der Waals surface area contributed by atoms with Gasteiger partial charge in [-0.05, 0) is 42.8 Å². The summed E-state index contributed by atoms with van der Waals surface area (Å²) >= 11 is 1.49. The molecule has 1 saturated heterocycles. The molecule has 2 amide bonds. The van der Waals surface area contributed by atoms with E-state index >= 15 is 0 Å². The van der Waals surface area contributed by atoms with E-state index in [9.17, 15) is 9.59 Å². The lowest BCUT2D eigenvalue weighted by atomic mass is 10.2. The minimum absolute atomic E-state index is 0.0262. The topological polar surface area (TPSA) is 61.9 Å². The van der Waals surface area contributed by atoms with Crippen LogP contribution in [-0.4, -0.2) is 62.4 Å². The average Bonchev–Trinajstić information content (AvgIpc) is 2.74. The maximum absolute atomic E-state index is 12.3. The molecule has 6 nitrogen and oxygen atoms in total. The van der Waals surface area contributed by atoms with E-state index in [1.165, 1.54) is 16.7 Å². The van der Waals surface area contributed by atoms with Gasteiger partial charge >= 0.3 is 0 Å². The van der Waals surface area contributed by atoms with Crippen LogP contribution in [0.15, 0.2) is 53.4 Å². The van der Waals surface area contributed by atoms with Gasteiger partial charge in [-0.1, -0.05) is 18.2 Å². The summed E-state index contributed by atoms with van der Waals surface area (Å²) in [5.41, 5.74) is 2.99. The summed E-state index contributed by atoms with van der Waals surface area (Å²) in [5, 5.41) is 2.86. The number of nitrogens with zero attached hydrogens (tertiary/aromatic N) is 2. The van der Waals surface area contributed by atoms with Gasteiger partial charge in [0.15, 0.2) is 0 Å². The molecule has 3 rings (SSSR count). The molecule has 0 aliphatic carbocycles. The van der Waals surface area contributed by atoms with Gasteiger partial charge in [-0.2, -0.15) is 0 Å². The van der Waals surface area contributed by atoms with Crippen molar-refractivity contribution in [3.63, 3.8) is 0 Å². The summed E-state index contributed by atoms with van der Waals surface area (Å²) in [7, 11) is 1.65. The van der Waals surface area contributed by atoms with E-state index in [-0.39, 0.29) is 18.4 Å². The molecule has 0 saturated carbocycles. The van der Waals surface area contributed by atoms with Gasteiger partial charge in [0.1, 0.15) is 0 Å². The summed E-state index contributed by atoms with van der Waals surface area (Å²) < 4.78 is 5.37. The zero-order chi connectivity index (χ0) is 20.6. The third-order valence-corrected chi connectivity index (χ3v) is 5.94. The summed E-state index contributed by atoms with van der Waals surface area (Å²) in [6.45, 7) is 5.27. The monoisotopic (exact) mass is 413 g/mol. The van der Waals surface area contributed by atoms with Crippen LogP contribution in [0, 0.1) is 6.92 Å². The Kier molecular flexibility index (Phi) is 7.55. The van der Waals surface area contributed by atoms with Crippen molar-refractivity contribution >= 4 is 35.0 Å². The molecule has 0 spiro atoms. The van der Waals surface area contributed by atoms with Crippen molar-refractivity contribution in [2.75, 3.05) is 55.9 Å². The van der Waals surface area contributed by atoms with Crippen molar-refractivity contribution in [3.8, 4) is 0 Å². The van der Waals surface area contributed by atoms with Crippen molar-refractivity contribution in [3.05, 3.63) is 54.1 Å². The Morgan fingerprint density at radius 2 is 1.79 bits per heavy atom. The quantitative estimate of drug-likeness (QED) is 0.707.